The van der Waals surface area contributed by atoms with E-state index in [2.05, 4.69) is 59.5 Å². The molecule has 0 N–H and O–H groups in total. The average molecular weight is 321 g/mol. The normalized spacial score (nSPS) is 20.6. The molecular weight excluding hydrogens is 298 g/mol. The number of para-hydroxylation sites is 1. The van der Waals surface area contributed by atoms with Gasteiger partial charge in [0.05, 0.1) is 0 Å². The molecule has 124 valence electrons. The number of nitrogens with zero attached hydrogens (tertiary/aromatic N) is 1. The van der Waals surface area contributed by atoms with Gasteiger partial charge in [0.1, 0.15) is 13.2 Å². The van der Waals surface area contributed by atoms with Crippen LogP contribution in [-0.2, 0) is 0 Å². The molecule has 0 saturated carbocycles. The Morgan fingerprint density at radius 2 is 1.88 bits per heavy atom. The summed E-state index contributed by atoms with van der Waals surface area (Å²) < 4.78 is 11.7. The summed E-state index contributed by atoms with van der Waals surface area (Å²) in [6.07, 6.45) is 6.88. The van der Waals surface area contributed by atoms with E-state index in [4.69, 9.17) is 9.47 Å². The van der Waals surface area contributed by atoms with E-state index in [1.54, 1.807) is 0 Å². The van der Waals surface area contributed by atoms with Gasteiger partial charge in [-0.2, -0.15) is 0 Å². The maximum Gasteiger partial charge on any atom is 0.166 e. The zero-order chi connectivity index (χ0) is 16.2. The van der Waals surface area contributed by atoms with Gasteiger partial charge in [-0.1, -0.05) is 54.6 Å². The Bertz CT molecular complexity index is 711. The van der Waals surface area contributed by atoms with Crippen LogP contribution < -0.4 is 9.47 Å². The van der Waals surface area contributed by atoms with Crippen molar-refractivity contribution in [2.45, 2.75) is 18.9 Å². The lowest BCUT2D eigenvalue weighted by molar-refractivity contribution is 0.165. The Hall–Kier alpha value is -2.26. The monoisotopic (exact) mass is 321 g/mol. The van der Waals surface area contributed by atoms with E-state index in [-0.39, 0.29) is 0 Å². The molecule has 2 aromatic rings. The van der Waals surface area contributed by atoms with Gasteiger partial charge in [-0.15, -0.1) is 0 Å². The van der Waals surface area contributed by atoms with Crippen molar-refractivity contribution in [3.05, 3.63) is 65.7 Å². The Labute approximate surface area is 143 Å². The Balaban J connectivity index is 1.50. The standard InChI is InChI=1S/C21H23NO2/c1-2-7-17(8-3-1)9-5-13-22-14-6-11-19(22)18-10-4-12-20-21(18)24-16-15-23-20/h1-5,7-10,12,19H,6,11,13-16H2/b9-5+. The quantitative estimate of drug-likeness (QED) is 0.837. The van der Waals surface area contributed by atoms with Gasteiger partial charge in [-0.05, 0) is 31.0 Å². The van der Waals surface area contributed by atoms with Gasteiger partial charge in [0.15, 0.2) is 11.5 Å². The van der Waals surface area contributed by atoms with Crippen LogP contribution in [0.15, 0.2) is 54.6 Å². The van der Waals surface area contributed by atoms with E-state index in [9.17, 15) is 0 Å². The third-order valence-electron chi connectivity index (χ3n) is 4.77. The molecule has 3 heteroatoms. The van der Waals surface area contributed by atoms with Crippen molar-refractivity contribution in [2.24, 2.45) is 0 Å². The first kappa shape index (κ1) is 15.3. The van der Waals surface area contributed by atoms with Gasteiger partial charge in [0.25, 0.3) is 0 Å². The zero-order valence-corrected chi connectivity index (χ0v) is 13.9. The third kappa shape index (κ3) is 3.17. The number of likely N-dealkylation sites (tertiary alicyclic amines) is 1. The highest BCUT2D eigenvalue weighted by atomic mass is 16.6. The Kier molecular flexibility index (Phi) is 4.52. The largest absolute Gasteiger partial charge is 0.486 e. The van der Waals surface area contributed by atoms with Crippen molar-refractivity contribution in [3.63, 3.8) is 0 Å². The second-order valence-electron chi connectivity index (χ2n) is 6.34. The molecule has 1 atom stereocenters. The van der Waals surface area contributed by atoms with Crippen LogP contribution in [0.5, 0.6) is 11.5 Å². The second kappa shape index (κ2) is 7.10. The molecule has 2 aromatic carbocycles. The number of fused-ring (bicyclic) bond motifs is 1. The van der Waals surface area contributed by atoms with E-state index < -0.39 is 0 Å². The highest BCUT2D eigenvalue weighted by Gasteiger charge is 2.29. The van der Waals surface area contributed by atoms with Crippen LogP contribution >= 0.6 is 0 Å². The SMILES string of the molecule is C(=C\c1ccccc1)/CN1CCCC1c1cccc2c1OCCO2. The van der Waals surface area contributed by atoms with E-state index in [1.807, 2.05) is 6.07 Å². The summed E-state index contributed by atoms with van der Waals surface area (Å²) in [4.78, 5) is 2.53. The predicted octanol–water partition coefficient (Wildman–Crippen LogP) is 4.31. The van der Waals surface area contributed by atoms with Crippen LogP contribution in [0.1, 0.15) is 30.0 Å². The molecule has 0 radical (unpaired) electrons. The van der Waals surface area contributed by atoms with E-state index in [1.165, 1.54) is 24.0 Å². The van der Waals surface area contributed by atoms with Gasteiger partial charge in [0.2, 0.25) is 0 Å². The van der Waals surface area contributed by atoms with E-state index in [0.717, 1.165) is 24.6 Å². The van der Waals surface area contributed by atoms with E-state index >= 15 is 0 Å². The number of rotatable bonds is 4. The van der Waals surface area contributed by atoms with Gasteiger partial charge in [-0.25, -0.2) is 0 Å². The van der Waals surface area contributed by atoms with Crippen molar-refractivity contribution in [1.82, 2.24) is 4.90 Å². The molecule has 1 saturated heterocycles. The van der Waals surface area contributed by atoms with Crippen molar-refractivity contribution in [3.8, 4) is 11.5 Å². The lowest BCUT2D eigenvalue weighted by Crippen LogP contribution is -2.25. The first-order valence-corrected chi connectivity index (χ1v) is 8.76. The van der Waals surface area contributed by atoms with Crippen molar-refractivity contribution in [2.75, 3.05) is 26.3 Å². The summed E-state index contributed by atoms with van der Waals surface area (Å²) in [5.41, 5.74) is 2.53. The second-order valence-corrected chi connectivity index (χ2v) is 6.34. The topological polar surface area (TPSA) is 21.7 Å². The minimum absolute atomic E-state index is 0.419. The third-order valence-corrected chi connectivity index (χ3v) is 4.77. The maximum atomic E-state index is 5.92. The highest BCUT2D eigenvalue weighted by molar-refractivity contribution is 5.50. The van der Waals surface area contributed by atoms with Gasteiger partial charge < -0.3 is 9.47 Å². The lowest BCUT2D eigenvalue weighted by Gasteiger charge is -2.28. The summed E-state index contributed by atoms with van der Waals surface area (Å²) in [5.74, 6) is 1.85. The molecule has 1 fully saturated rings. The zero-order valence-electron chi connectivity index (χ0n) is 13.9. The van der Waals surface area contributed by atoms with Gasteiger partial charge in [0, 0.05) is 18.2 Å². The van der Waals surface area contributed by atoms with Crippen LogP contribution in [0.25, 0.3) is 6.08 Å². The molecule has 0 aliphatic carbocycles. The molecule has 0 amide bonds. The summed E-state index contributed by atoms with van der Waals surface area (Å²) >= 11 is 0. The van der Waals surface area contributed by atoms with Crippen molar-refractivity contribution < 1.29 is 9.47 Å². The fourth-order valence-electron chi connectivity index (χ4n) is 3.64. The van der Waals surface area contributed by atoms with Crippen molar-refractivity contribution >= 4 is 6.08 Å². The number of ether oxygens (including phenoxy) is 2. The van der Waals surface area contributed by atoms with Crippen LogP contribution in [0, 0.1) is 0 Å². The molecule has 0 bridgehead atoms. The smallest absolute Gasteiger partial charge is 0.166 e. The lowest BCUT2D eigenvalue weighted by atomic mass is 10.0. The van der Waals surface area contributed by atoms with Crippen LogP contribution in [0.4, 0.5) is 0 Å². The predicted molar refractivity (Wildman–Crippen MR) is 96.5 cm³/mol. The molecule has 2 aliphatic rings. The molecule has 2 aliphatic heterocycles. The van der Waals surface area contributed by atoms with Gasteiger partial charge >= 0.3 is 0 Å². The van der Waals surface area contributed by atoms with Crippen molar-refractivity contribution in [1.29, 1.82) is 0 Å². The molecule has 4 rings (SSSR count). The molecule has 3 nitrogen and oxygen atoms in total. The minimum atomic E-state index is 0.419. The highest BCUT2D eigenvalue weighted by Crippen LogP contribution is 2.42. The van der Waals surface area contributed by atoms with Gasteiger partial charge in [-0.3, -0.25) is 4.90 Å². The number of benzene rings is 2. The average Bonchev–Trinajstić information content (AvgIpc) is 3.10. The first-order valence-electron chi connectivity index (χ1n) is 8.76. The molecule has 0 spiro atoms. The molecule has 2 heterocycles. The number of hydrogen-bond donors (Lipinski definition) is 0. The van der Waals surface area contributed by atoms with Crippen LogP contribution in [0.2, 0.25) is 0 Å². The first-order chi connectivity index (χ1) is 11.9. The molecule has 0 aromatic heterocycles. The fourth-order valence-corrected chi connectivity index (χ4v) is 3.64. The maximum absolute atomic E-state index is 5.92. The summed E-state index contributed by atoms with van der Waals surface area (Å²) in [6, 6.07) is 17.2. The van der Waals surface area contributed by atoms with E-state index in [0.29, 0.717) is 19.3 Å². The molecular formula is C21H23NO2. The fraction of sp³-hybridized carbons (Fsp3) is 0.333. The summed E-state index contributed by atoms with van der Waals surface area (Å²) in [5, 5.41) is 0. The van der Waals surface area contributed by atoms with Crippen LogP contribution in [0.3, 0.4) is 0 Å². The molecule has 1 unspecified atom stereocenters. The minimum Gasteiger partial charge on any atom is -0.486 e. The Morgan fingerprint density at radius 1 is 1.00 bits per heavy atom. The summed E-state index contributed by atoms with van der Waals surface area (Å²) in [6.45, 7) is 3.38. The number of hydrogen-bond acceptors (Lipinski definition) is 3. The molecule has 24 heavy (non-hydrogen) atoms. The summed E-state index contributed by atoms with van der Waals surface area (Å²) in [7, 11) is 0. The Morgan fingerprint density at radius 3 is 2.79 bits per heavy atom. The van der Waals surface area contributed by atoms with Crippen LogP contribution in [-0.4, -0.2) is 31.2 Å².